The Bertz CT molecular complexity index is 400. The van der Waals surface area contributed by atoms with Gasteiger partial charge in [-0.15, -0.1) is 11.8 Å². The van der Waals surface area contributed by atoms with Gasteiger partial charge in [-0.2, -0.15) is 0 Å². The van der Waals surface area contributed by atoms with Gasteiger partial charge in [-0.3, -0.25) is 4.79 Å². The molecule has 0 heterocycles. The molecule has 1 aromatic carbocycles. The van der Waals surface area contributed by atoms with Gasteiger partial charge in [-0.05, 0) is 17.7 Å². The van der Waals surface area contributed by atoms with Crippen LogP contribution in [0.4, 0.5) is 0 Å². The quantitative estimate of drug-likeness (QED) is 0.757. The molecule has 0 saturated heterocycles. The molecular weight excluding hydrogens is 298 g/mol. The minimum atomic E-state index is -0.0305. The van der Waals surface area contributed by atoms with E-state index in [1.807, 2.05) is 24.3 Å². The van der Waals surface area contributed by atoms with E-state index in [1.54, 1.807) is 23.8 Å². The second-order valence-electron chi connectivity index (χ2n) is 4.22. The van der Waals surface area contributed by atoms with Crippen LogP contribution in [0.3, 0.4) is 0 Å². The van der Waals surface area contributed by atoms with Crippen molar-refractivity contribution in [1.82, 2.24) is 4.90 Å². The van der Waals surface area contributed by atoms with E-state index < -0.39 is 0 Å². The molecule has 0 aliphatic rings. The maximum atomic E-state index is 12.0. The van der Waals surface area contributed by atoms with Crippen LogP contribution >= 0.6 is 23.4 Å². The number of rotatable bonds is 9. The fourth-order valence-electron chi connectivity index (χ4n) is 1.61. The molecule has 0 spiro atoms. The van der Waals surface area contributed by atoms with Crippen molar-refractivity contribution in [2.45, 2.75) is 5.75 Å². The molecule has 4 nitrogen and oxygen atoms in total. The number of benzene rings is 1. The molecule has 0 bridgehead atoms. The average molecular weight is 318 g/mol. The fraction of sp³-hybridized carbons (Fsp3) is 0.500. The van der Waals surface area contributed by atoms with Crippen molar-refractivity contribution < 1.29 is 14.6 Å². The highest BCUT2D eigenvalue weighted by Gasteiger charge is 2.12. The van der Waals surface area contributed by atoms with E-state index in [0.717, 1.165) is 11.3 Å². The molecule has 1 amide bonds. The Balaban J connectivity index is 2.34. The van der Waals surface area contributed by atoms with E-state index in [4.69, 9.17) is 21.4 Å². The van der Waals surface area contributed by atoms with Crippen molar-refractivity contribution in [1.29, 1.82) is 0 Å². The molecule has 0 radical (unpaired) electrons. The van der Waals surface area contributed by atoms with Crippen LogP contribution < -0.4 is 0 Å². The van der Waals surface area contributed by atoms with Gasteiger partial charge < -0.3 is 14.7 Å². The summed E-state index contributed by atoms with van der Waals surface area (Å²) in [4.78, 5) is 13.6. The Morgan fingerprint density at radius 3 is 2.65 bits per heavy atom. The number of aliphatic hydroxyl groups excluding tert-OH is 1. The molecule has 6 heteroatoms. The number of hydrogen-bond donors (Lipinski definition) is 1. The van der Waals surface area contributed by atoms with Crippen LogP contribution in [0.25, 0.3) is 0 Å². The highest BCUT2D eigenvalue weighted by Crippen LogP contribution is 2.15. The van der Waals surface area contributed by atoms with Crippen LogP contribution in [0.1, 0.15) is 5.56 Å². The SMILES string of the molecule is COCCN(CCO)C(=O)CSCc1ccc(Cl)cc1. The second-order valence-corrected chi connectivity index (χ2v) is 5.64. The summed E-state index contributed by atoms with van der Waals surface area (Å²) in [6.45, 7) is 1.31. The topological polar surface area (TPSA) is 49.8 Å². The van der Waals surface area contributed by atoms with Gasteiger partial charge in [0.25, 0.3) is 0 Å². The van der Waals surface area contributed by atoms with E-state index in [-0.39, 0.29) is 12.5 Å². The summed E-state index contributed by atoms with van der Waals surface area (Å²) < 4.78 is 4.96. The Morgan fingerprint density at radius 2 is 2.05 bits per heavy atom. The number of ether oxygens (including phenoxy) is 1. The van der Waals surface area contributed by atoms with Gasteiger partial charge in [-0.1, -0.05) is 23.7 Å². The number of carbonyl (C=O) groups is 1. The van der Waals surface area contributed by atoms with Gasteiger partial charge in [-0.25, -0.2) is 0 Å². The lowest BCUT2D eigenvalue weighted by Gasteiger charge is -2.21. The number of halogens is 1. The third kappa shape index (κ3) is 6.61. The monoisotopic (exact) mass is 317 g/mol. The van der Waals surface area contributed by atoms with E-state index in [9.17, 15) is 4.79 Å². The van der Waals surface area contributed by atoms with Gasteiger partial charge >= 0.3 is 0 Å². The third-order valence-corrected chi connectivity index (χ3v) is 3.94. The predicted octanol–water partition coefficient (Wildman–Crippen LogP) is 2.04. The van der Waals surface area contributed by atoms with Gasteiger partial charge in [0.2, 0.25) is 5.91 Å². The largest absolute Gasteiger partial charge is 0.395 e. The third-order valence-electron chi connectivity index (χ3n) is 2.70. The lowest BCUT2D eigenvalue weighted by Crippen LogP contribution is -2.37. The maximum Gasteiger partial charge on any atom is 0.232 e. The summed E-state index contributed by atoms with van der Waals surface area (Å²) in [6.07, 6.45) is 0. The average Bonchev–Trinajstić information content (AvgIpc) is 2.45. The van der Waals surface area contributed by atoms with Crippen molar-refractivity contribution in [3.63, 3.8) is 0 Å². The molecule has 0 fully saturated rings. The van der Waals surface area contributed by atoms with Crippen molar-refractivity contribution >= 4 is 29.3 Å². The van der Waals surface area contributed by atoms with Crippen molar-refractivity contribution in [3.8, 4) is 0 Å². The summed E-state index contributed by atoms with van der Waals surface area (Å²) in [5.74, 6) is 1.18. The highest BCUT2D eigenvalue weighted by molar-refractivity contribution is 7.99. The summed E-state index contributed by atoms with van der Waals surface area (Å²) in [6, 6.07) is 7.60. The zero-order valence-corrected chi connectivity index (χ0v) is 13.1. The zero-order valence-electron chi connectivity index (χ0n) is 11.5. The molecule has 1 N–H and O–H groups in total. The predicted molar refractivity (Wildman–Crippen MR) is 83.2 cm³/mol. The second kappa shape index (κ2) is 10.0. The molecule has 112 valence electrons. The number of methoxy groups -OCH3 is 1. The van der Waals surface area contributed by atoms with E-state index >= 15 is 0 Å². The molecule has 0 aromatic heterocycles. The first-order valence-corrected chi connectivity index (χ1v) is 7.90. The van der Waals surface area contributed by atoms with Crippen LogP contribution in [-0.4, -0.2) is 55.1 Å². The summed E-state index contributed by atoms with van der Waals surface area (Å²) in [5.41, 5.74) is 1.14. The number of nitrogens with zero attached hydrogens (tertiary/aromatic N) is 1. The molecule has 1 rings (SSSR count). The minimum Gasteiger partial charge on any atom is -0.395 e. The summed E-state index contributed by atoms with van der Waals surface area (Å²) >= 11 is 7.37. The molecular formula is C14H20ClNO3S. The van der Waals surface area contributed by atoms with Crippen LogP contribution in [0, 0.1) is 0 Å². The van der Waals surface area contributed by atoms with E-state index in [1.165, 1.54) is 0 Å². The molecule has 0 atom stereocenters. The minimum absolute atomic E-state index is 0.0232. The standard InChI is InChI=1S/C14H20ClNO3S/c1-19-9-7-16(6-8-17)14(18)11-20-10-12-2-4-13(15)5-3-12/h2-5,17H,6-11H2,1H3. The summed E-state index contributed by atoms with van der Waals surface area (Å²) in [7, 11) is 1.59. The van der Waals surface area contributed by atoms with Crippen molar-refractivity contribution in [2.24, 2.45) is 0 Å². The van der Waals surface area contributed by atoms with E-state index in [2.05, 4.69) is 0 Å². The molecule has 0 unspecified atom stereocenters. The molecule has 0 saturated carbocycles. The molecule has 0 aliphatic heterocycles. The Hall–Kier alpha value is -0.750. The van der Waals surface area contributed by atoms with Crippen LogP contribution in [0.2, 0.25) is 5.02 Å². The van der Waals surface area contributed by atoms with Gasteiger partial charge in [0.1, 0.15) is 0 Å². The summed E-state index contributed by atoms with van der Waals surface area (Å²) in [5, 5.41) is 9.67. The Kier molecular flexibility index (Phi) is 8.69. The van der Waals surface area contributed by atoms with Gasteiger partial charge in [0.05, 0.1) is 19.0 Å². The Labute approximate surface area is 129 Å². The molecule has 20 heavy (non-hydrogen) atoms. The maximum absolute atomic E-state index is 12.0. The number of amides is 1. The zero-order chi connectivity index (χ0) is 14.8. The van der Waals surface area contributed by atoms with Crippen LogP contribution in [-0.2, 0) is 15.3 Å². The van der Waals surface area contributed by atoms with Crippen LogP contribution in [0.15, 0.2) is 24.3 Å². The lowest BCUT2D eigenvalue weighted by molar-refractivity contribution is -0.129. The fourth-order valence-corrected chi connectivity index (χ4v) is 2.62. The number of aliphatic hydroxyl groups is 1. The van der Waals surface area contributed by atoms with Gasteiger partial charge in [0, 0.05) is 31.0 Å². The number of carbonyl (C=O) groups excluding carboxylic acids is 1. The lowest BCUT2D eigenvalue weighted by atomic mass is 10.2. The number of hydrogen-bond acceptors (Lipinski definition) is 4. The first-order valence-electron chi connectivity index (χ1n) is 6.37. The normalized spacial score (nSPS) is 10.6. The smallest absolute Gasteiger partial charge is 0.232 e. The Morgan fingerprint density at radius 1 is 1.35 bits per heavy atom. The molecule has 1 aromatic rings. The van der Waals surface area contributed by atoms with E-state index in [0.29, 0.717) is 30.5 Å². The van der Waals surface area contributed by atoms with Crippen LogP contribution in [0.5, 0.6) is 0 Å². The first kappa shape index (κ1) is 17.3. The van der Waals surface area contributed by atoms with Gasteiger partial charge in [0.15, 0.2) is 0 Å². The molecule has 0 aliphatic carbocycles. The number of thioether (sulfide) groups is 1. The van der Waals surface area contributed by atoms with Crippen molar-refractivity contribution in [3.05, 3.63) is 34.9 Å². The highest BCUT2D eigenvalue weighted by atomic mass is 35.5. The van der Waals surface area contributed by atoms with Crippen molar-refractivity contribution in [2.75, 3.05) is 39.2 Å². The first-order chi connectivity index (χ1) is 9.67.